The Morgan fingerprint density at radius 1 is 0.953 bits per heavy atom. The van der Waals surface area contributed by atoms with Crippen LogP contribution in [-0.4, -0.2) is 20.7 Å². The molecule has 0 saturated carbocycles. The minimum Gasteiger partial charge on any atom is -0.489 e. The van der Waals surface area contributed by atoms with Crippen LogP contribution in [0.3, 0.4) is 0 Å². The summed E-state index contributed by atoms with van der Waals surface area (Å²) in [6.07, 6.45) is 0. The number of halogens is 1. The van der Waals surface area contributed by atoms with Gasteiger partial charge in [-0.05, 0) is 72.5 Å². The Morgan fingerprint density at radius 2 is 1.72 bits per heavy atom. The highest BCUT2D eigenvalue weighted by atomic mass is 35.5. The summed E-state index contributed by atoms with van der Waals surface area (Å²) in [4.78, 5) is 18.6. The molecule has 5 aromatic rings. The van der Waals surface area contributed by atoms with Crippen LogP contribution in [0, 0.1) is 6.92 Å². The second-order valence-electron chi connectivity index (χ2n) is 10.3. The van der Waals surface area contributed by atoms with Crippen LogP contribution in [0.2, 0.25) is 5.02 Å². The van der Waals surface area contributed by atoms with Gasteiger partial charge in [0.1, 0.15) is 18.4 Å². The molecule has 0 saturated heterocycles. The number of anilines is 2. The monoisotopic (exact) mass is 607 g/mol. The first-order valence-electron chi connectivity index (χ1n) is 13.9. The molecular formula is C34H30ClN5O2S. The zero-order chi connectivity index (χ0) is 29.8. The van der Waals surface area contributed by atoms with E-state index in [2.05, 4.69) is 22.8 Å². The second-order valence-corrected chi connectivity index (χ2v) is 11.7. The Kier molecular flexibility index (Phi) is 8.49. The molecule has 1 amide bonds. The quantitative estimate of drug-likeness (QED) is 0.165. The Balaban J connectivity index is 1.29. The number of carbonyl (C=O) groups is 1. The summed E-state index contributed by atoms with van der Waals surface area (Å²) >= 11 is 7.57. The molecule has 1 atom stereocenters. The number of aromatic nitrogens is 3. The predicted molar refractivity (Wildman–Crippen MR) is 173 cm³/mol. The normalized spacial score (nSPS) is 14.2. The number of ether oxygens (including phenoxy) is 1. The fourth-order valence-electron chi connectivity index (χ4n) is 4.93. The lowest BCUT2D eigenvalue weighted by Gasteiger charge is -2.28. The van der Waals surface area contributed by atoms with Crippen molar-refractivity contribution < 1.29 is 9.53 Å². The molecule has 6 rings (SSSR count). The standard InChI is InChI=1S/C34H30ClN5O2S/c1-22-7-6-10-28(19-22)37-32(41)30-23(2)36-33-38-34(43-21-25-8-4-3-5-9-25)39-40(33)31(30)26-13-17-29(18-14-26)42-20-24-11-15-27(35)16-12-24/h3-19,31H,20-21H2,1-2H3,(H,37,41)(H,36,38,39). The lowest BCUT2D eigenvalue weighted by molar-refractivity contribution is -0.113. The number of hydrogen-bond donors (Lipinski definition) is 2. The molecule has 43 heavy (non-hydrogen) atoms. The molecule has 1 aliphatic heterocycles. The summed E-state index contributed by atoms with van der Waals surface area (Å²) < 4.78 is 7.82. The van der Waals surface area contributed by atoms with E-state index in [1.54, 1.807) is 16.4 Å². The van der Waals surface area contributed by atoms with Crippen molar-refractivity contribution in [1.29, 1.82) is 0 Å². The number of amides is 1. The zero-order valence-corrected chi connectivity index (χ0v) is 25.3. The van der Waals surface area contributed by atoms with Crippen molar-refractivity contribution in [1.82, 2.24) is 14.8 Å². The first-order chi connectivity index (χ1) is 20.9. The van der Waals surface area contributed by atoms with Crippen molar-refractivity contribution >= 4 is 40.9 Å². The van der Waals surface area contributed by atoms with Gasteiger partial charge in [-0.25, -0.2) is 4.68 Å². The van der Waals surface area contributed by atoms with Gasteiger partial charge in [0.2, 0.25) is 11.1 Å². The molecule has 0 radical (unpaired) electrons. The molecule has 7 nitrogen and oxygen atoms in total. The fraction of sp³-hybridized carbons (Fsp3) is 0.147. The highest BCUT2D eigenvalue weighted by Gasteiger charge is 2.34. The summed E-state index contributed by atoms with van der Waals surface area (Å²) in [5, 5.41) is 12.6. The predicted octanol–water partition coefficient (Wildman–Crippen LogP) is 8.04. The Labute approximate surface area is 260 Å². The van der Waals surface area contributed by atoms with Crippen LogP contribution < -0.4 is 15.4 Å². The van der Waals surface area contributed by atoms with Crippen molar-refractivity contribution in [2.24, 2.45) is 0 Å². The summed E-state index contributed by atoms with van der Waals surface area (Å²) in [6.45, 7) is 4.32. The molecular weight excluding hydrogens is 578 g/mol. The molecule has 2 N–H and O–H groups in total. The van der Waals surface area contributed by atoms with Gasteiger partial charge in [0.25, 0.3) is 5.91 Å². The number of hydrogen-bond acceptors (Lipinski definition) is 6. The largest absolute Gasteiger partial charge is 0.489 e. The molecule has 0 aliphatic carbocycles. The maximum atomic E-state index is 13.8. The summed E-state index contributed by atoms with van der Waals surface area (Å²) in [7, 11) is 0. The number of nitrogens with zero attached hydrogens (tertiary/aromatic N) is 3. The fourth-order valence-corrected chi connectivity index (χ4v) is 5.84. The number of carbonyl (C=O) groups excluding carboxylic acids is 1. The highest BCUT2D eigenvalue weighted by molar-refractivity contribution is 7.98. The topological polar surface area (TPSA) is 81.1 Å². The number of fused-ring (bicyclic) bond motifs is 1. The molecule has 9 heteroatoms. The molecule has 2 heterocycles. The third kappa shape index (κ3) is 6.77. The van der Waals surface area contributed by atoms with E-state index in [9.17, 15) is 4.79 Å². The third-order valence-electron chi connectivity index (χ3n) is 7.08. The van der Waals surface area contributed by atoms with Gasteiger partial charge in [-0.15, -0.1) is 5.10 Å². The summed E-state index contributed by atoms with van der Waals surface area (Å²) in [5.41, 5.74) is 6.18. The van der Waals surface area contributed by atoms with Crippen LogP contribution in [0.4, 0.5) is 11.6 Å². The Hall–Kier alpha value is -4.53. The molecule has 1 aliphatic rings. The molecule has 0 fully saturated rings. The number of allylic oxidation sites excluding steroid dienone is 1. The van der Waals surface area contributed by atoms with Crippen LogP contribution in [0.25, 0.3) is 0 Å². The summed E-state index contributed by atoms with van der Waals surface area (Å²) in [6, 6.07) is 32.8. The maximum absolute atomic E-state index is 13.8. The van der Waals surface area contributed by atoms with E-state index in [0.717, 1.165) is 39.6 Å². The Morgan fingerprint density at radius 3 is 2.47 bits per heavy atom. The third-order valence-corrected chi connectivity index (χ3v) is 8.24. The van der Waals surface area contributed by atoms with Gasteiger partial charge in [0.05, 0.1) is 5.57 Å². The van der Waals surface area contributed by atoms with Crippen molar-refractivity contribution in [2.75, 3.05) is 10.6 Å². The summed E-state index contributed by atoms with van der Waals surface area (Å²) in [5.74, 6) is 1.84. The molecule has 216 valence electrons. The smallest absolute Gasteiger partial charge is 0.255 e. The van der Waals surface area contributed by atoms with Crippen molar-refractivity contribution in [2.45, 2.75) is 37.4 Å². The number of rotatable bonds is 9. The number of aryl methyl sites for hydroxylation is 1. The van der Waals surface area contributed by atoms with E-state index in [1.807, 2.05) is 105 Å². The van der Waals surface area contributed by atoms with Crippen molar-refractivity contribution in [3.05, 3.63) is 142 Å². The molecule has 1 unspecified atom stereocenters. The van der Waals surface area contributed by atoms with Crippen LogP contribution in [0.1, 0.15) is 35.2 Å². The Bertz CT molecular complexity index is 1770. The van der Waals surface area contributed by atoms with Gasteiger partial charge in [-0.3, -0.25) is 4.79 Å². The lowest BCUT2D eigenvalue weighted by Crippen LogP contribution is -2.31. The van der Waals surface area contributed by atoms with Gasteiger partial charge in [0.15, 0.2) is 0 Å². The molecule has 1 aromatic heterocycles. The van der Waals surface area contributed by atoms with Gasteiger partial charge in [-0.2, -0.15) is 4.98 Å². The van der Waals surface area contributed by atoms with E-state index in [0.29, 0.717) is 28.3 Å². The SMILES string of the molecule is CC1=C(C(=O)Nc2cccc(C)c2)C(c2ccc(OCc3ccc(Cl)cc3)cc2)n2nc(SCc3ccccc3)nc2N1. The van der Waals surface area contributed by atoms with Crippen LogP contribution in [-0.2, 0) is 17.2 Å². The molecule has 0 bridgehead atoms. The molecule has 0 spiro atoms. The van der Waals surface area contributed by atoms with Crippen molar-refractivity contribution in [3.63, 3.8) is 0 Å². The van der Waals surface area contributed by atoms with Crippen molar-refractivity contribution in [3.8, 4) is 5.75 Å². The van der Waals surface area contributed by atoms with E-state index >= 15 is 0 Å². The average molecular weight is 608 g/mol. The lowest BCUT2D eigenvalue weighted by atomic mass is 9.95. The number of nitrogens with one attached hydrogen (secondary N) is 2. The first-order valence-corrected chi connectivity index (χ1v) is 15.3. The van der Waals surface area contributed by atoms with Crippen LogP contribution >= 0.6 is 23.4 Å². The minimum absolute atomic E-state index is 0.205. The maximum Gasteiger partial charge on any atom is 0.255 e. The first kappa shape index (κ1) is 28.6. The number of benzene rings is 4. The van der Waals surface area contributed by atoms with E-state index in [4.69, 9.17) is 26.4 Å². The van der Waals surface area contributed by atoms with E-state index < -0.39 is 6.04 Å². The van der Waals surface area contributed by atoms with Crippen LogP contribution in [0.5, 0.6) is 5.75 Å². The highest BCUT2D eigenvalue weighted by Crippen LogP contribution is 2.37. The van der Waals surface area contributed by atoms with Gasteiger partial charge in [-0.1, -0.05) is 90.1 Å². The van der Waals surface area contributed by atoms with Gasteiger partial charge >= 0.3 is 0 Å². The van der Waals surface area contributed by atoms with Gasteiger partial charge < -0.3 is 15.4 Å². The van der Waals surface area contributed by atoms with E-state index in [-0.39, 0.29) is 5.91 Å². The van der Waals surface area contributed by atoms with E-state index in [1.165, 1.54) is 5.56 Å². The minimum atomic E-state index is -0.495. The van der Waals surface area contributed by atoms with Crippen LogP contribution in [0.15, 0.2) is 120 Å². The average Bonchev–Trinajstić information content (AvgIpc) is 3.42. The molecule has 4 aromatic carbocycles. The second kappa shape index (κ2) is 12.8. The number of thioether (sulfide) groups is 1. The van der Waals surface area contributed by atoms with Gasteiger partial charge in [0, 0.05) is 22.2 Å². The zero-order valence-electron chi connectivity index (χ0n) is 23.8.